The molecule has 1 aromatic carbocycles. The third-order valence-electron chi connectivity index (χ3n) is 6.28. The van der Waals surface area contributed by atoms with Gasteiger partial charge in [0.15, 0.2) is 0 Å². The van der Waals surface area contributed by atoms with Gasteiger partial charge in [0.05, 0.1) is 5.69 Å². The van der Waals surface area contributed by atoms with Gasteiger partial charge in [-0.1, -0.05) is 6.92 Å². The van der Waals surface area contributed by atoms with E-state index in [1.807, 2.05) is 42.1 Å². The third-order valence-corrected chi connectivity index (χ3v) is 6.28. The maximum absolute atomic E-state index is 13.4. The van der Waals surface area contributed by atoms with Crippen LogP contribution in [-0.2, 0) is 7.05 Å². The molecule has 0 saturated carbocycles. The Morgan fingerprint density at radius 1 is 1.23 bits per heavy atom. The van der Waals surface area contributed by atoms with Gasteiger partial charge in [0, 0.05) is 48.7 Å². The van der Waals surface area contributed by atoms with Crippen LogP contribution in [0.2, 0.25) is 0 Å². The first-order valence-corrected chi connectivity index (χ1v) is 10.3. The van der Waals surface area contributed by atoms with E-state index in [0.717, 1.165) is 17.3 Å². The van der Waals surface area contributed by atoms with E-state index in [-0.39, 0.29) is 29.2 Å². The highest BCUT2D eigenvalue weighted by molar-refractivity contribution is 5.98. The Hall–Kier alpha value is -3.36. The quantitative estimate of drug-likeness (QED) is 0.501. The number of rotatable bonds is 3. The Bertz CT molecular complexity index is 1280. The number of aryl methyl sites for hydroxylation is 1. The van der Waals surface area contributed by atoms with Gasteiger partial charge in [-0.25, -0.2) is 18.3 Å². The minimum absolute atomic E-state index is 0.0550. The number of hydrogen-bond donors (Lipinski definition) is 0. The second-order valence-corrected chi connectivity index (χ2v) is 8.20. The fourth-order valence-electron chi connectivity index (χ4n) is 4.47. The van der Waals surface area contributed by atoms with E-state index in [1.165, 1.54) is 16.9 Å². The van der Waals surface area contributed by atoms with E-state index in [2.05, 4.69) is 22.0 Å². The van der Waals surface area contributed by atoms with Crippen molar-refractivity contribution >= 4 is 22.6 Å². The van der Waals surface area contributed by atoms with Gasteiger partial charge in [0.1, 0.15) is 12.0 Å². The molecule has 4 heterocycles. The second kappa shape index (κ2) is 7.40. The van der Waals surface area contributed by atoms with Crippen LogP contribution in [-0.4, -0.2) is 48.0 Å². The average Bonchev–Trinajstić information content (AvgIpc) is 3.39. The van der Waals surface area contributed by atoms with Gasteiger partial charge in [-0.15, -0.1) is 0 Å². The van der Waals surface area contributed by atoms with Crippen LogP contribution < -0.4 is 0 Å². The Balaban J connectivity index is 1.48. The standard InChI is InChI=1S/C22H22F2N6O/c1-13-5-8-29(21(31)15-3-4-18-14(9-15)6-7-28(18)2)11-16(13)19-10-17(20(23)24)27-22-25-12-26-30(19)22/h3-4,6-7,9-10,12-13,16,20H,5,8,11H2,1-2H3/t13-,16-/m1/s1. The lowest BCUT2D eigenvalue weighted by Crippen LogP contribution is -2.42. The summed E-state index contributed by atoms with van der Waals surface area (Å²) < 4.78 is 30.4. The molecule has 160 valence electrons. The van der Waals surface area contributed by atoms with Crippen LogP contribution >= 0.6 is 0 Å². The van der Waals surface area contributed by atoms with Crippen LogP contribution in [0.5, 0.6) is 0 Å². The summed E-state index contributed by atoms with van der Waals surface area (Å²) in [5.41, 5.74) is 1.98. The van der Waals surface area contributed by atoms with Gasteiger partial charge >= 0.3 is 0 Å². The van der Waals surface area contributed by atoms with E-state index in [9.17, 15) is 13.6 Å². The highest BCUT2D eigenvalue weighted by Crippen LogP contribution is 2.34. The van der Waals surface area contributed by atoms with Gasteiger partial charge < -0.3 is 9.47 Å². The Morgan fingerprint density at radius 3 is 2.87 bits per heavy atom. The average molecular weight is 424 g/mol. The Kier molecular flexibility index (Phi) is 4.68. The summed E-state index contributed by atoms with van der Waals surface area (Å²) in [5, 5.41) is 5.20. The summed E-state index contributed by atoms with van der Waals surface area (Å²) >= 11 is 0. The molecule has 0 spiro atoms. The number of halogens is 2. The molecule has 3 aromatic heterocycles. The van der Waals surface area contributed by atoms with Crippen molar-refractivity contribution in [2.45, 2.75) is 25.7 Å². The number of nitrogens with zero attached hydrogens (tertiary/aromatic N) is 6. The molecule has 1 saturated heterocycles. The molecule has 1 aliphatic heterocycles. The number of benzene rings is 1. The molecular formula is C22H22F2N6O. The fraction of sp³-hybridized carbons (Fsp3) is 0.364. The summed E-state index contributed by atoms with van der Waals surface area (Å²) in [5.74, 6) is 0.141. The van der Waals surface area contributed by atoms with Crippen molar-refractivity contribution in [2.24, 2.45) is 13.0 Å². The molecule has 1 aliphatic rings. The lowest BCUT2D eigenvalue weighted by Gasteiger charge is -2.37. The maximum Gasteiger partial charge on any atom is 0.280 e. The highest BCUT2D eigenvalue weighted by atomic mass is 19.3. The highest BCUT2D eigenvalue weighted by Gasteiger charge is 2.33. The molecule has 0 bridgehead atoms. The van der Waals surface area contributed by atoms with E-state index >= 15 is 0 Å². The van der Waals surface area contributed by atoms with Crippen LogP contribution in [0.1, 0.15) is 47.4 Å². The molecule has 9 heteroatoms. The number of fused-ring (bicyclic) bond motifs is 2. The van der Waals surface area contributed by atoms with Crippen molar-refractivity contribution in [3.05, 3.63) is 59.8 Å². The predicted octanol–water partition coefficient (Wildman–Crippen LogP) is 3.82. The molecule has 0 radical (unpaired) electrons. The van der Waals surface area contributed by atoms with Gasteiger partial charge in [0.2, 0.25) is 0 Å². The molecule has 1 fully saturated rings. The van der Waals surface area contributed by atoms with Gasteiger partial charge in [0.25, 0.3) is 18.1 Å². The van der Waals surface area contributed by atoms with Crippen molar-refractivity contribution < 1.29 is 13.6 Å². The molecule has 1 amide bonds. The minimum Gasteiger partial charge on any atom is -0.351 e. The van der Waals surface area contributed by atoms with Crippen molar-refractivity contribution in [1.29, 1.82) is 0 Å². The molecule has 0 N–H and O–H groups in total. The summed E-state index contributed by atoms with van der Waals surface area (Å²) in [7, 11) is 1.97. The number of aromatic nitrogens is 5. The SMILES string of the molecule is C[C@@H]1CCN(C(=O)c2ccc3c(ccn3C)c2)C[C@H]1c1cc(C(F)F)nc2ncnn12. The number of amides is 1. The summed E-state index contributed by atoms with van der Waals surface area (Å²) in [6.45, 7) is 3.12. The molecule has 2 atom stereocenters. The molecule has 7 nitrogen and oxygen atoms in total. The molecule has 31 heavy (non-hydrogen) atoms. The van der Waals surface area contributed by atoms with E-state index in [0.29, 0.717) is 24.3 Å². The summed E-state index contributed by atoms with van der Waals surface area (Å²) in [6, 6.07) is 9.08. The zero-order valence-corrected chi connectivity index (χ0v) is 17.2. The van der Waals surface area contributed by atoms with E-state index in [1.54, 1.807) is 4.90 Å². The number of piperidine rings is 1. The van der Waals surface area contributed by atoms with Crippen LogP contribution in [0, 0.1) is 5.92 Å². The first kappa shape index (κ1) is 19.6. The lowest BCUT2D eigenvalue weighted by molar-refractivity contribution is 0.0665. The number of carbonyl (C=O) groups is 1. The normalized spacial score (nSPS) is 19.6. The maximum atomic E-state index is 13.4. The number of carbonyl (C=O) groups excluding carboxylic acids is 1. The molecule has 4 aromatic rings. The Labute approximate surface area is 177 Å². The summed E-state index contributed by atoms with van der Waals surface area (Å²) in [4.78, 5) is 23.0. The van der Waals surface area contributed by atoms with Gasteiger partial charge in [-0.2, -0.15) is 10.1 Å². The van der Waals surface area contributed by atoms with Crippen LogP contribution in [0.3, 0.4) is 0 Å². The smallest absolute Gasteiger partial charge is 0.280 e. The zero-order valence-electron chi connectivity index (χ0n) is 17.2. The van der Waals surface area contributed by atoms with Crippen molar-refractivity contribution in [3.63, 3.8) is 0 Å². The Morgan fingerprint density at radius 2 is 2.06 bits per heavy atom. The largest absolute Gasteiger partial charge is 0.351 e. The third kappa shape index (κ3) is 3.34. The second-order valence-electron chi connectivity index (χ2n) is 8.20. The monoisotopic (exact) mass is 424 g/mol. The number of likely N-dealkylation sites (tertiary alicyclic amines) is 1. The van der Waals surface area contributed by atoms with Crippen LogP contribution in [0.4, 0.5) is 8.78 Å². The van der Waals surface area contributed by atoms with Gasteiger partial charge in [-0.3, -0.25) is 4.79 Å². The molecule has 5 rings (SSSR count). The molecule has 0 aliphatic carbocycles. The van der Waals surface area contributed by atoms with E-state index in [4.69, 9.17) is 0 Å². The first-order valence-electron chi connectivity index (χ1n) is 10.3. The zero-order chi connectivity index (χ0) is 21.7. The molecule has 0 unspecified atom stereocenters. The fourth-order valence-corrected chi connectivity index (χ4v) is 4.47. The van der Waals surface area contributed by atoms with Crippen molar-refractivity contribution in [3.8, 4) is 0 Å². The van der Waals surface area contributed by atoms with Gasteiger partial charge in [-0.05, 0) is 42.7 Å². The lowest BCUT2D eigenvalue weighted by atomic mass is 9.84. The van der Waals surface area contributed by atoms with Crippen LogP contribution in [0.25, 0.3) is 16.7 Å². The number of hydrogen-bond acceptors (Lipinski definition) is 4. The van der Waals surface area contributed by atoms with E-state index < -0.39 is 6.43 Å². The topological polar surface area (TPSA) is 68.3 Å². The molecular weight excluding hydrogens is 402 g/mol. The van der Waals surface area contributed by atoms with Crippen LogP contribution in [0.15, 0.2) is 42.9 Å². The first-order chi connectivity index (χ1) is 14.9. The number of alkyl halides is 2. The summed E-state index contributed by atoms with van der Waals surface area (Å²) in [6.07, 6.45) is 1.35. The van der Waals surface area contributed by atoms with Crippen molar-refractivity contribution in [2.75, 3.05) is 13.1 Å². The minimum atomic E-state index is -2.70. The van der Waals surface area contributed by atoms with Crippen molar-refractivity contribution in [1.82, 2.24) is 29.0 Å². The predicted molar refractivity (Wildman–Crippen MR) is 111 cm³/mol.